The molecular formula is C57H48N2. The van der Waals surface area contributed by atoms with Crippen molar-refractivity contribution in [3.63, 3.8) is 0 Å². The van der Waals surface area contributed by atoms with Crippen molar-refractivity contribution in [2.75, 3.05) is 9.80 Å². The van der Waals surface area contributed by atoms with Crippen molar-refractivity contribution >= 4 is 55.7 Å². The standard InChI is InChI=1S/C57H48N2/c1-4-40(2)42-31-29-41(30-32-42)39-57(3)53-37-47(58(45-21-7-5-8-22-45)55-27-15-19-43-17-11-13-25-49(43)55)33-35-51(53)52-36-34-48(38-54(52)57)59(46-23-9-6-10-24-46)56-28-16-20-44-18-12-14-26-50(44)56/h5-38,40H,4,39H2,1-3H3. The van der Waals surface area contributed by atoms with Gasteiger partial charge in [0, 0.05) is 38.9 Å². The van der Waals surface area contributed by atoms with E-state index in [1.54, 1.807) is 0 Å². The van der Waals surface area contributed by atoms with Gasteiger partial charge in [-0.2, -0.15) is 0 Å². The van der Waals surface area contributed by atoms with Gasteiger partial charge < -0.3 is 9.80 Å². The van der Waals surface area contributed by atoms with Crippen molar-refractivity contribution in [3.8, 4) is 11.1 Å². The van der Waals surface area contributed by atoms with Crippen LogP contribution < -0.4 is 9.80 Å². The summed E-state index contributed by atoms with van der Waals surface area (Å²) in [6, 6.07) is 76.2. The number of para-hydroxylation sites is 2. The lowest BCUT2D eigenvalue weighted by molar-refractivity contribution is 0.583. The lowest BCUT2D eigenvalue weighted by Crippen LogP contribution is -2.25. The van der Waals surface area contributed by atoms with Crippen molar-refractivity contribution in [2.24, 2.45) is 0 Å². The Morgan fingerprint density at radius 3 is 1.36 bits per heavy atom. The maximum Gasteiger partial charge on any atom is 0.0540 e. The van der Waals surface area contributed by atoms with Gasteiger partial charge in [-0.15, -0.1) is 0 Å². The lowest BCUT2D eigenvalue weighted by atomic mass is 9.75. The average molecular weight is 761 g/mol. The minimum Gasteiger partial charge on any atom is -0.310 e. The van der Waals surface area contributed by atoms with Crippen molar-refractivity contribution in [3.05, 3.63) is 229 Å². The molecule has 0 amide bonds. The van der Waals surface area contributed by atoms with E-state index in [9.17, 15) is 0 Å². The minimum atomic E-state index is -0.323. The lowest BCUT2D eigenvalue weighted by Gasteiger charge is -2.32. The smallest absolute Gasteiger partial charge is 0.0540 e. The molecule has 59 heavy (non-hydrogen) atoms. The van der Waals surface area contributed by atoms with Crippen molar-refractivity contribution < 1.29 is 0 Å². The molecule has 1 unspecified atom stereocenters. The molecular weight excluding hydrogens is 713 g/mol. The van der Waals surface area contributed by atoms with Crippen LogP contribution >= 0.6 is 0 Å². The van der Waals surface area contributed by atoms with Crippen molar-refractivity contribution in [2.45, 2.75) is 44.9 Å². The molecule has 0 fully saturated rings. The second kappa shape index (κ2) is 15.1. The summed E-state index contributed by atoms with van der Waals surface area (Å²) in [7, 11) is 0. The van der Waals surface area contributed by atoms with Crippen LogP contribution in [0.2, 0.25) is 0 Å². The van der Waals surface area contributed by atoms with E-state index in [-0.39, 0.29) is 5.41 Å². The Bertz CT molecular complexity index is 2750. The van der Waals surface area contributed by atoms with Crippen LogP contribution in [-0.2, 0) is 11.8 Å². The molecule has 286 valence electrons. The third-order valence-corrected chi connectivity index (χ3v) is 12.8. The number of anilines is 6. The van der Waals surface area contributed by atoms with Crippen molar-refractivity contribution in [1.82, 2.24) is 0 Å². The molecule has 2 heteroatoms. The van der Waals surface area contributed by atoms with Gasteiger partial charge in [-0.3, -0.25) is 0 Å². The fourth-order valence-corrected chi connectivity index (χ4v) is 9.48. The largest absolute Gasteiger partial charge is 0.310 e. The minimum absolute atomic E-state index is 0.323. The number of rotatable bonds is 10. The molecule has 0 radical (unpaired) electrons. The topological polar surface area (TPSA) is 6.48 Å². The number of hydrogen-bond donors (Lipinski definition) is 0. The first kappa shape index (κ1) is 36.4. The van der Waals surface area contributed by atoms with Gasteiger partial charge in [-0.1, -0.05) is 166 Å². The molecule has 10 rings (SSSR count). The highest BCUT2D eigenvalue weighted by atomic mass is 15.1. The van der Waals surface area contributed by atoms with E-state index in [4.69, 9.17) is 0 Å². The second-order valence-electron chi connectivity index (χ2n) is 16.4. The zero-order valence-corrected chi connectivity index (χ0v) is 34.0. The number of nitrogens with zero attached hydrogens (tertiary/aromatic N) is 2. The Morgan fingerprint density at radius 2 is 0.881 bits per heavy atom. The second-order valence-corrected chi connectivity index (χ2v) is 16.4. The van der Waals surface area contributed by atoms with Gasteiger partial charge in [0.2, 0.25) is 0 Å². The van der Waals surface area contributed by atoms with Crippen LogP contribution in [0, 0.1) is 0 Å². The van der Waals surface area contributed by atoms with Gasteiger partial charge in [-0.05, 0) is 124 Å². The molecule has 0 bridgehead atoms. The van der Waals surface area contributed by atoms with Crippen LogP contribution in [0.3, 0.4) is 0 Å². The predicted molar refractivity (Wildman–Crippen MR) is 252 cm³/mol. The Balaban J connectivity index is 1.17. The van der Waals surface area contributed by atoms with Gasteiger partial charge in [0.15, 0.2) is 0 Å². The van der Waals surface area contributed by atoms with E-state index in [0.29, 0.717) is 5.92 Å². The molecule has 0 spiro atoms. The summed E-state index contributed by atoms with van der Waals surface area (Å²) < 4.78 is 0. The predicted octanol–water partition coefficient (Wildman–Crippen LogP) is 16.0. The summed E-state index contributed by atoms with van der Waals surface area (Å²) >= 11 is 0. The van der Waals surface area contributed by atoms with Crippen LogP contribution in [0.5, 0.6) is 0 Å². The Kier molecular flexibility index (Phi) is 9.34. The Labute approximate surface area is 348 Å². The van der Waals surface area contributed by atoms with Gasteiger partial charge in [-0.25, -0.2) is 0 Å². The van der Waals surface area contributed by atoms with Gasteiger partial charge >= 0.3 is 0 Å². The molecule has 0 saturated carbocycles. The van der Waals surface area contributed by atoms with Crippen LogP contribution in [0.25, 0.3) is 32.7 Å². The highest BCUT2D eigenvalue weighted by Crippen LogP contribution is 2.54. The van der Waals surface area contributed by atoms with E-state index >= 15 is 0 Å². The molecule has 0 N–H and O–H groups in total. The highest BCUT2D eigenvalue weighted by molar-refractivity contribution is 6.01. The zero-order chi connectivity index (χ0) is 39.9. The van der Waals surface area contributed by atoms with E-state index in [1.165, 1.54) is 66.3 Å². The first-order valence-electron chi connectivity index (χ1n) is 21.0. The molecule has 1 aliphatic carbocycles. The summed E-state index contributed by atoms with van der Waals surface area (Å²) in [5.74, 6) is 0.536. The molecule has 9 aromatic carbocycles. The molecule has 9 aromatic rings. The maximum absolute atomic E-state index is 2.48. The molecule has 0 saturated heterocycles. The SMILES string of the molecule is CCC(C)c1ccc(CC2(C)c3cc(N(c4ccccc4)c4cccc5ccccc45)ccc3-c3ccc(N(c4ccccc4)c4cccc5ccccc45)cc32)cc1. The average Bonchev–Trinajstić information content (AvgIpc) is 3.53. The molecule has 1 aliphatic rings. The third-order valence-electron chi connectivity index (χ3n) is 12.8. The number of hydrogen-bond acceptors (Lipinski definition) is 2. The van der Waals surface area contributed by atoms with Crippen LogP contribution in [0.15, 0.2) is 206 Å². The van der Waals surface area contributed by atoms with Crippen LogP contribution in [0.1, 0.15) is 55.4 Å². The fourth-order valence-electron chi connectivity index (χ4n) is 9.48. The zero-order valence-electron chi connectivity index (χ0n) is 34.0. The van der Waals surface area contributed by atoms with E-state index in [1.807, 2.05) is 0 Å². The third kappa shape index (κ3) is 6.46. The Morgan fingerprint density at radius 1 is 0.441 bits per heavy atom. The molecule has 2 nitrogen and oxygen atoms in total. The summed E-state index contributed by atoms with van der Waals surface area (Å²) in [5, 5.41) is 4.91. The normalized spacial score (nSPS) is 13.2. The highest BCUT2D eigenvalue weighted by Gasteiger charge is 2.41. The van der Waals surface area contributed by atoms with E-state index in [0.717, 1.165) is 35.6 Å². The fraction of sp³-hybridized carbons (Fsp3) is 0.123. The Hall–Kier alpha value is -6.90. The monoisotopic (exact) mass is 760 g/mol. The van der Waals surface area contributed by atoms with Crippen molar-refractivity contribution in [1.29, 1.82) is 0 Å². The molecule has 1 atom stereocenters. The van der Waals surface area contributed by atoms with Gasteiger partial charge in [0.05, 0.1) is 11.4 Å². The summed E-state index contributed by atoms with van der Waals surface area (Å²) in [5.41, 5.74) is 14.7. The first-order valence-corrected chi connectivity index (χ1v) is 21.0. The maximum atomic E-state index is 2.48. The molecule has 0 aliphatic heterocycles. The molecule has 0 aromatic heterocycles. The van der Waals surface area contributed by atoms with Crippen LogP contribution in [0.4, 0.5) is 34.1 Å². The summed E-state index contributed by atoms with van der Waals surface area (Å²) in [6.07, 6.45) is 2.01. The van der Waals surface area contributed by atoms with E-state index in [2.05, 4.69) is 237 Å². The van der Waals surface area contributed by atoms with Crippen LogP contribution in [-0.4, -0.2) is 0 Å². The summed E-state index contributed by atoms with van der Waals surface area (Å²) in [6.45, 7) is 7.07. The summed E-state index contributed by atoms with van der Waals surface area (Å²) in [4.78, 5) is 4.88. The van der Waals surface area contributed by atoms with Gasteiger partial charge in [0.25, 0.3) is 0 Å². The molecule has 0 heterocycles. The number of fused-ring (bicyclic) bond motifs is 5. The number of benzene rings is 9. The van der Waals surface area contributed by atoms with Gasteiger partial charge in [0.1, 0.15) is 0 Å². The quantitative estimate of drug-likeness (QED) is 0.137. The van der Waals surface area contributed by atoms with E-state index < -0.39 is 0 Å². The first-order chi connectivity index (χ1) is 29.0.